The van der Waals surface area contributed by atoms with Crippen LogP contribution in [0.1, 0.15) is 29.0 Å². The molecule has 0 spiro atoms. The van der Waals surface area contributed by atoms with E-state index in [0.29, 0.717) is 12.3 Å². The first-order chi connectivity index (χ1) is 13.3. The minimum atomic E-state index is -0.0752. The summed E-state index contributed by atoms with van der Waals surface area (Å²) in [6.07, 6.45) is 4.47. The Hall–Kier alpha value is -2.66. The van der Waals surface area contributed by atoms with Crippen LogP contribution >= 0.6 is 11.3 Å². The minimum absolute atomic E-state index is 0.00108. The summed E-state index contributed by atoms with van der Waals surface area (Å²) < 4.78 is 5.70. The van der Waals surface area contributed by atoms with E-state index in [-0.39, 0.29) is 12.5 Å². The van der Waals surface area contributed by atoms with Crippen molar-refractivity contribution in [1.29, 1.82) is 0 Å². The maximum Gasteiger partial charge on any atom is 0.267 e. The lowest BCUT2D eigenvalue weighted by Crippen LogP contribution is -2.34. The highest BCUT2D eigenvalue weighted by Crippen LogP contribution is 2.32. The zero-order valence-corrected chi connectivity index (χ0v) is 16.0. The van der Waals surface area contributed by atoms with Crippen LogP contribution in [0.2, 0.25) is 0 Å². The third kappa shape index (κ3) is 4.37. The van der Waals surface area contributed by atoms with Crippen LogP contribution in [0.3, 0.4) is 0 Å². The summed E-state index contributed by atoms with van der Waals surface area (Å²) in [6, 6.07) is 19.5. The Morgan fingerprint density at radius 3 is 2.44 bits per heavy atom. The Kier molecular flexibility index (Phi) is 5.49. The van der Waals surface area contributed by atoms with Crippen molar-refractivity contribution in [3.05, 3.63) is 76.8 Å². The number of carbonyl (C=O) groups is 1. The third-order valence-corrected chi connectivity index (χ3v) is 5.84. The van der Waals surface area contributed by atoms with Crippen LogP contribution in [0.25, 0.3) is 0 Å². The van der Waals surface area contributed by atoms with Crippen molar-refractivity contribution in [2.75, 3.05) is 11.5 Å². The fraction of sp³-hybridized carbons (Fsp3) is 0.273. The molecule has 0 atom stereocenters. The first-order valence-electron chi connectivity index (χ1n) is 9.30. The Morgan fingerprint density at radius 2 is 1.70 bits per heavy atom. The van der Waals surface area contributed by atoms with Gasteiger partial charge in [0.15, 0.2) is 11.7 Å². The molecule has 4 nitrogen and oxygen atoms in total. The topological polar surface area (TPSA) is 42.4 Å². The predicted octanol–water partition coefficient (Wildman–Crippen LogP) is 4.63. The zero-order valence-electron chi connectivity index (χ0n) is 15.1. The number of fused-ring (bicyclic) bond motifs is 1. The molecule has 0 unspecified atom stereocenters. The first kappa shape index (κ1) is 17.7. The van der Waals surface area contributed by atoms with Gasteiger partial charge in [0.2, 0.25) is 0 Å². The number of anilines is 1. The molecule has 0 fully saturated rings. The number of carbonyl (C=O) groups excluding carboxylic acids is 1. The number of aryl methyl sites for hydroxylation is 2. The van der Waals surface area contributed by atoms with E-state index >= 15 is 0 Å². The van der Waals surface area contributed by atoms with E-state index in [1.807, 2.05) is 60.7 Å². The highest BCUT2D eigenvalue weighted by molar-refractivity contribution is 7.15. The van der Waals surface area contributed by atoms with E-state index in [4.69, 9.17) is 9.72 Å². The number of hydrogen-bond acceptors (Lipinski definition) is 4. The molecule has 1 amide bonds. The summed E-state index contributed by atoms with van der Waals surface area (Å²) in [5.41, 5.74) is 2.25. The number of benzene rings is 2. The smallest absolute Gasteiger partial charge is 0.267 e. The van der Waals surface area contributed by atoms with Gasteiger partial charge in [-0.15, -0.1) is 11.3 Å². The molecular formula is C22H22N2O2S. The lowest BCUT2D eigenvalue weighted by atomic mass is 10.0. The molecule has 3 aromatic rings. The van der Waals surface area contributed by atoms with Gasteiger partial charge in [-0.3, -0.25) is 9.69 Å². The van der Waals surface area contributed by atoms with Crippen LogP contribution in [0.15, 0.2) is 60.7 Å². The number of rotatable bonds is 6. The summed E-state index contributed by atoms with van der Waals surface area (Å²) in [6.45, 7) is 0.505. The highest BCUT2D eigenvalue weighted by atomic mass is 32.1. The number of ether oxygens (including phenoxy) is 1. The van der Waals surface area contributed by atoms with Crippen LogP contribution in [0, 0.1) is 0 Å². The van der Waals surface area contributed by atoms with Gasteiger partial charge in [-0.2, -0.15) is 0 Å². The van der Waals surface area contributed by atoms with Gasteiger partial charge in [0, 0.05) is 4.88 Å². The molecule has 1 aromatic heterocycles. The van der Waals surface area contributed by atoms with Gasteiger partial charge < -0.3 is 4.74 Å². The molecule has 2 aromatic carbocycles. The van der Waals surface area contributed by atoms with Crippen LogP contribution in [0.5, 0.6) is 5.75 Å². The quantitative estimate of drug-likeness (QED) is 0.628. The fourth-order valence-electron chi connectivity index (χ4n) is 3.22. The normalized spacial score (nSPS) is 13.0. The maximum atomic E-state index is 13.0. The molecule has 138 valence electrons. The molecule has 0 aliphatic heterocycles. The highest BCUT2D eigenvalue weighted by Gasteiger charge is 2.23. The molecule has 1 heterocycles. The Bertz CT molecular complexity index is 870. The number of amides is 1. The van der Waals surface area contributed by atoms with Gasteiger partial charge in [-0.25, -0.2) is 4.98 Å². The number of thiazole rings is 1. The van der Waals surface area contributed by atoms with Crippen LogP contribution in [-0.4, -0.2) is 17.5 Å². The lowest BCUT2D eigenvalue weighted by Gasteiger charge is -2.20. The van der Waals surface area contributed by atoms with Gasteiger partial charge in [0.25, 0.3) is 5.91 Å². The molecule has 4 rings (SSSR count). The summed E-state index contributed by atoms with van der Waals surface area (Å²) in [4.78, 5) is 20.9. The Morgan fingerprint density at radius 1 is 1.00 bits per heavy atom. The molecule has 1 aliphatic rings. The van der Waals surface area contributed by atoms with Gasteiger partial charge in [-0.05, 0) is 43.4 Å². The average Bonchev–Trinajstić information content (AvgIpc) is 3.15. The number of hydrogen-bond donors (Lipinski definition) is 0. The largest absolute Gasteiger partial charge is 0.484 e. The van der Waals surface area contributed by atoms with Crippen molar-refractivity contribution in [2.45, 2.75) is 32.2 Å². The maximum absolute atomic E-state index is 13.0. The second kappa shape index (κ2) is 8.35. The standard InChI is InChI=1S/C22H22N2O2S/c25-21(16-26-18-11-5-2-6-12-18)24(15-17-9-3-1-4-10-17)22-23-19-13-7-8-14-20(19)27-22/h1-6,9-12H,7-8,13-16H2. The number of para-hydroxylation sites is 1. The van der Waals surface area contributed by atoms with Crippen molar-refractivity contribution in [1.82, 2.24) is 4.98 Å². The monoisotopic (exact) mass is 378 g/mol. The zero-order chi connectivity index (χ0) is 18.5. The van der Waals surface area contributed by atoms with Crippen molar-refractivity contribution in [3.8, 4) is 5.75 Å². The first-order valence-corrected chi connectivity index (χ1v) is 10.1. The van der Waals surface area contributed by atoms with E-state index < -0.39 is 0 Å². The van der Waals surface area contributed by atoms with Crippen molar-refractivity contribution in [3.63, 3.8) is 0 Å². The number of nitrogens with zero attached hydrogens (tertiary/aromatic N) is 2. The van der Waals surface area contributed by atoms with Gasteiger partial charge in [-0.1, -0.05) is 48.5 Å². The minimum Gasteiger partial charge on any atom is -0.484 e. The second-order valence-corrected chi connectivity index (χ2v) is 7.70. The summed E-state index contributed by atoms with van der Waals surface area (Å²) >= 11 is 1.65. The van der Waals surface area contributed by atoms with Gasteiger partial charge >= 0.3 is 0 Å². The molecule has 0 bridgehead atoms. The van der Waals surface area contributed by atoms with E-state index in [9.17, 15) is 4.79 Å². The Balaban J connectivity index is 1.55. The average molecular weight is 378 g/mol. The summed E-state index contributed by atoms with van der Waals surface area (Å²) in [7, 11) is 0. The summed E-state index contributed by atoms with van der Waals surface area (Å²) in [5.74, 6) is 0.623. The molecule has 0 saturated carbocycles. The molecule has 1 aliphatic carbocycles. The lowest BCUT2D eigenvalue weighted by molar-refractivity contribution is -0.120. The molecule has 0 radical (unpaired) electrons. The van der Waals surface area contributed by atoms with E-state index in [1.165, 1.54) is 17.7 Å². The molecule has 0 N–H and O–H groups in total. The van der Waals surface area contributed by atoms with E-state index in [0.717, 1.165) is 29.2 Å². The molecule has 0 saturated heterocycles. The van der Waals surface area contributed by atoms with Gasteiger partial charge in [0.1, 0.15) is 5.75 Å². The molecule has 27 heavy (non-hydrogen) atoms. The number of aromatic nitrogens is 1. The molecular weight excluding hydrogens is 356 g/mol. The summed E-state index contributed by atoms with van der Waals surface area (Å²) in [5, 5.41) is 0.785. The SMILES string of the molecule is O=C(COc1ccccc1)N(Cc1ccccc1)c1nc2c(s1)CCCC2. The third-order valence-electron chi connectivity index (χ3n) is 4.66. The van der Waals surface area contributed by atoms with Crippen molar-refractivity contribution >= 4 is 22.4 Å². The van der Waals surface area contributed by atoms with Crippen LogP contribution in [-0.2, 0) is 24.2 Å². The fourth-order valence-corrected chi connectivity index (χ4v) is 4.39. The van der Waals surface area contributed by atoms with Crippen molar-refractivity contribution < 1.29 is 9.53 Å². The van der Waals surface area contributed by atoms with E-state index in [2.05, 4.69) is 0 Å². The molecule has 5 heteroatoms. The predicted molar refractivity (Wildman–Crippen MR) is 108 cm³/mol. The Labute approximate surface area is 163 Å². The second-order valence-electron chi connectivity index (χ2n) is 6.64. The van der Waals surface area contributed by atoms with Crippen LogP contribution < -0.4 is 9.64 Å². The van der Waals surface area contributed by atoms with Gasteiger partial charge in [0.05, 0.1) is 12.2 Å². The van der Waals surface area contributed by atoms with Crippen molar-refractivity contribution in [2.24, 2.45) is 0 Å². The van der Waals surface area contributed by atoms with E-state index in [1.54, 1.807) is 16.2 Å². The van der Waals surface area contributed by atoms with Crippen LogP contribution in [0.4, 0.5) is 5.13 Å².